The number of rotatable bonds is 3. The van der Waals surface area contributed by atoms with Crippen LogP contribution in [0, 0.1) is 6.92 Å². The SMILES string of the molecule is CCN1CC[C@@H]2Nc3ccc(S(=O)(=O)c4cccc(C)c4)cc3[C@H]2CC1. The molecule has 5 heteroatoms. The standard InChI is InChI=1S/C21H26N2O2S/c1-3-23-11-9-18-19-14-17(7-8-20(19)22-21(18)10-12-23)26(24,25)16-6-4-5-15(2)13-16/h4-8,13-14,18,21-22H,3,9-12H2,1-2H3/t18-,21+/m1/s1. The van der Waals surface area contributed by atoms with Gasteiger partial charge >= 0.3 is 0 Å². The molecule has 1 fully saturated rings. The van der Waals surface area contributed by atoms with Gasteiger partial charge in [-0.25, -0.2) is 8.42 Å². The van der Waals surface area contributed by atoms with Crippen molar-refractivity contribution < 1.29 is 8.42 Å². The second-order valence-electron chi connectivity index (χ2n) is 7.44. The lowest BCUT2D eigenvalue weighted by atomic mass is 9.91. The first-order valence-corrected chi connectivity index (χ1v) is 10.9. The maximum Gasteiger partial charge on any atom is 0.206 e. The van der Waals surface area contributed by atoms with Crippen molar-refractivity contribution in [2.24, 2.45) is 0 Å². The number of hydrogen-bond acceptors (Lipinski definition) is 4. The Morgan fingerprint density at radius 2 is 1.85 bits per heavy atom. The zero-order valence-electron chi connectivity index (χ0n) is 15.4. The molecule has 4 nitrogen and oxygen atoms in total. The first-order chi connectivity index (χ1) is 12.5. The van der Waals surface area contributed by atoms with E-state index in [4.69, 9.17) is 0 Å². The van der Waals surface area contributed by atoms with E-state index in [-0.39, 0.29) is 0 Å². The van der Waals surface area contributed by atoms with Crippen LogP contribution < -0.4 is 5.32 Å². The molecule has 2 atom stereocenters. The Kier molecular flexibility index (Phi) is 4.53. The van der Waals surface area contributed by atoms with Gasteiger partial charge < -0.3 is 10.2 Å². The molecular weight excluding hydrogens is 344 g/mol. The Labute approximate surface area is 156 Å². The van der Waals surface area contributed by atoms with E-state index in [0.29, 0.717) is 21.8 Å². The lowest BCUT2D eigenvalue weighted by Crippen LogP contribution is -2.25. The van der Waals surface area contributed by atoms with E-state index in [2.05, 4.69) is 17.1 Å². The maximum absolute atomic E-state index is 13.1. The average molecular weight is 371 g/mol. The topological polar surface area (TPSA) is 49.4 Å². The van der Waals surface area contributed by atoms with Gasteiger partial charge in [-0.2, -0.15) is 0 Å². The molecule has 0 unspecified atom stereocenters. The molecule has 0 spiro atoms. The first-order valence-electron chi connectivity index (χ1n) is 9.43. The third-order valence-electron chi connectivity index (χ3n) is 5.82. The van der Waals surface area contributed by atoms with Gasteiger partial charge in [-0.3, -0.25) is 0 Å². The van der Waals surface area contributed by atoms with Crippen molar-refractivity contribution in [1.82, 2.24) is 4.90 Å². The fourth-order valence-electron chi connectivity index (χ4n) is 4.28. The van der Waals surface area contributed by atoms with Gasteiger partial charge in [0.15, 0.2) is 0 Å². The lowest BCUT2D eigenvalue weighted by molar-refractivity contribution is 0.298. The molecule has 0 saturated carbocycles. The number of nitrogens with one attached hydrogen (secondary N) is 1. The number of fused-ring (bicyclic) bond motifs is 3. The van der Waals surface area contributed by atoms with Crippen LogP contribution in [0.25, 0.3) is 0 Å². The van der Waals surface area contributed by atoms with Crippen LogP contribution in [0.1, 0.15) is 36.8 Å². The molecule has 0 radical (unpaired) electrons. The largest absolute Gasteiger partial charge is 0.381 e. The van der Waals surface area contributed by atoms with Gasteiger partial charge in [0, 0.05) is 24.2 Å². The van der Waals surface area contributed by atoms with Crippen LogP contribution >= 0.6 is 0 Å². The van der Waals surface area contributed by atoms with Gasteiger partial charge in [-0.15, -0.1) is 0 Å². The molecule has 4 rings (SSSR count). The van der Waals surface area contributed by atoms with Gasteiger partial charge in [0.25, 0.3) is 0 Å². The minimum absolute atomic E-state index is 0.373. The maximum atomic E-state index is 13.1. The number of sulfone groups is 1. The zero-order chi connectivity index (χ0) is 18.3. The van der Waals surface area contributed by atoms with Gasteiger partial charge in [-0.05, 0) is 74.3 Å². The molecular formula is C21H26N2O2S. The lowest BCUT2D eigenvalue weighted by Gasteiger charge is -2.17. The molecule has 2 aromatic carbocycles. The third-order valence-corrected chi connectivity index (χ3v) is 7.57. The van der Waals surface area contributed by atoms with Crippen molar-refractivity contribution >= 4 is 15.5 Å². The summed E-state index contributed by atoms with van der Waals surface area (Å²) >= 11 is 0. The Bertz CT molecular complexity index is 923. The summed E-state index contributed by atoms with van der Waals surface area (Å²) in [5, 5.41) is 3.63. The highest BCUT2D eigenvalue weighted by Crippen LogP contribution is 2.42. The Balaban J connectivity index is 1.69. The summed E-state index contributed by atoms with van der Waals surface area (Å²) in [4.78, 5) is 3.26. The molecule has 0 aliphatic carbocycles. The second-order valence-corrected chi connectivity index (χ2v) is 9.39. The summed E-state index contributed by atoms with van der Waals surface area (Å²) in [6.45, 7) is 7.38. The summed E-state index contributed by atoms with van der Waals surface area (Å²) < 4.78 is 26.2. The van der Waals surface area contributed by atoms with Crippen LogP contribution in [0.2, 0.25) is 0 Å². The molecule has 26 heavy (non-hydrogen) atoms. The number of benzene rings is 2. The van der Waals surface area contributed by atoms with Crippen molar-refractivity contribution in [3.63, 3.8) is 0 Å². The summed E-state index contributed by atoms with van der Waals surface area (Å²) in [5.74, 6) is 0.397. The summed E-state index contributed by atoms with van der Waals surface area (Å²) in [6, 6.07) is 13.2. The van der Waals surface area contributed by atoms with Crippen LogP contribution in [-0.2, 0) is 9.84 Å². The van der Waals surface area contributed by atoms with Crippen molar-refractivity contribution in [3.8, 4) is 0 Å². The minimum atomic E-state index is -3.48. The van der Waals surface area contributed by atoms with E-state index in [0.717, 1.165) is 43.7 Å². The molecule has 0 amide bonds. The Morgan fingerprint density at radius 1 is 1.08 bits per heavy atom. The van der Waals surface area contributed by atoms with Crippen LogP contribution in [0.5, 0.6) is 0 Å². The number of aryl methyl sites for hydroxylation is 1. The van der Waals surface area contributed by atoms with E-state index in [1.165, 1.54) is 5.56 Å². The summed E-state index contributed by atoms with van der Waals surface area (Å²) in [6.07, 6.45) is 2.18. The molecule has 2 aliphatic rings. The quantitative estimate of drug-likeness (QED) is 0.892. The van der Waals surface area contributed by atoms with Gasteiger partial charge in [0.2, 0.25) is 9.84 Å². The smallest absolute Gasteiger partial charge is 0.206 e. The molecule has 1 N–H and O–H groups in total. The molecule has 138 valence electrons. The van der Waals surface area contributed by atoms with E-state index < -0.39 is 9.84 Å². The van der Waals surface area contributed by atoms with Crippen molar-refractivity contribution in [1.29, 1.82) is 0 Å². The predicted molar refractivity (Wildman–Crippen MR) is 105 cm³/mol. The van der Waals surface area contributed by atoms with E-state index in [1.807, 2.05) is 25.1 Å². The van der Waals surface area contributed by atoms with Crippen LogP contribution in [0.3, 0.4) is 0 Å². The normalized spacial score (nSPS) is 23.0. The highest BCUT2D eigenvalue weighted by molar-refractivity contribution is 7.91. The Hall–Kier alpha value is -1.85. The summed E-state index contributed by atoms with van der Waals surface area (Å²) in [5.41, 5.74) is 3.23. The fourth-order valence-corrected chi connectivity index (χ4v) is 5.68. The first kappa shape index (κ1) is 17.6. The number of hydrogen-bond donors (Lipinski definition) is 1. The van der Waals surface area contributed by atoms with E-state index in [9.17, 15) is 8.42 Å². The van der Waals surface area contributed by atoms with E-state index in [1.54, 1.807) is 24.3 Å². The third kappa shape index (κ3) is 3.03. The van der Waals surface area contributed by atoms with Crippen molar-refractivity contribution in [2.75, 3.05) is 25.0 Å². The van der Waals surface area contributed by atoms with Crippen molar-refractivity contribution in [2.45, 2.75) is 48.4 Å². The van der Waals surface area contributed by atoms with E-state index >= 15 is 0 Å². The molecule has 2 heterocycles. The average Bonchev–Trinajstić information content (AvgIpc) is 2.85. The second kappa shape index (κ2) is 6.71. The van der Waals surface area contributed by atoms with Gasteiger partial charge in [-0.1, -0.05) is 19.1 Å². The number of likely N-dealkylation sites (tertiary alicyclic amines) is 1. The fraction of sp³-hybridized carbons (Fsp3) is 0.429. The van der Waals surface area contributed by atoms with Gasteiger partial charge in [0.1, 0.15) is 0 Å². The predicted octanol–water partition coefficient (Wildman–Crippen LogP) is 3.82. The van der Waals surface area contributed by atoms with Crippen LogP contribution in [0.4, 0.5) is 5.69 Å². The molecule has 2 aliphatic heterocycles. The minimum Gasteiger partial charge on any atom is -0.381 e. The molecule has 2 aromatic rings. The number of anilines is 1. The van der Waals surface area contributed by atoms with Crippen molar-refractivity contribution in [3.05, 3.63) is 53.6 Å². The molecule has 0 aromatic heterocycles. The molecule has 1 saturated heterocycles. The summed E-state index contributed by atoms with van der Waals surface area (Å²) in [7, 11) is -3.48. The highest BCUT2D eigenvalue weighted by Gasteiger charge is 2.35. The zero-order valence-corrected chi connectivity index (χ0v) is 16.2. The monoisotopic (exact) mass is 370 g/mol. The van der Waals surface area contributed by atoms with Crippen LogP contribution in [0.15, 0.2) is 52.3 Å². The Morgan fingerprint density at radius 3 is 2.62 bits per heavy atom. The van der Waals surface area contributed by atoms with Crippen LogP contribution in [-0.4, -0.2) is 39.0 Å². The van der Waals surface area contributed by atoms with Gasteiger partial charge in [0.05, 0.1) is 9.79 Å². The highest BCUT2D eigenvalue weighted by atomic mass is 32.2. The molecule has 0 bridgehead atoms. The number of nitrogens with zero attached hydrogens (tertiary/aromatic N) is 1.